The molecule has 0 aliphatic carbocycles. The van der Waals surface area contributed by atoms with Crippen LogP contribution in [0.3, 0.4) is 0 Å². The van der Waals surface area contributed by atoms with Crippen LogP contribution >= 0.6 is 11.3 Å². The van der Waals surface area contributed by atoms with E-state index in [4.69, 9.17) is 4.98 Å². The van der Waals surface area contributed by atoms with Gasteiger partial charge >= 0.3 is 0 Å². The van der Waals surface area contributed by atoms with Crippen LogP contribution in [0.15, 0.2) is 170 Å². The van der Waals surface area contributed by atoms with Crippen LogP contribution < -0.4 is 4.90 Å². The molecule has 0 atom stereocenters. The lowest BCUT2D eigenvalue weighted by Crippen LogP contribution is -2.10. The van der Waals surface area contributed by atoms with Crippen LogP contribution in [0.4, 0.5) is 17.1 Å². The van der Waals surface area contributed by atoms with Gasteiger partial charge in [0.05, 0.1) is 22.1 Å². The number of hydrogen-bond donors (Lipinski definition) is 0. The minimum absolute atomic E-state index is 1.04. The van der Waals surface area contributed by atoms with Crippen molar-refractivity contribution in [1.29, 1.82) is 0 Å². The summed E-state index contributed by atoms with van der Waals surface area (Å²) >= 11 is 1.80. The predicted molar refractivity (Wildman–Crippen MR) is 198 cm³/mol. The largest absolute Gasteiger partial charge is 0.309 e. The molecule has 9 aromatic rings. The third-order valence-electron chi connectivity index (χ3n) is 8.88. The van der Waals surface area contributed by atoms with E-state index in [1.807, 2.05) is 6.20 Å². The minimum atomic E-state index is 1.04. The van der Waals surface area contributed by atoms with Crippen LogP contribution in [0.5, 0.6) is 0 Å². The van der Waals surface area contributed by atoms with Crippen LogP contribution in [-0.4, -0.2) is 4.98 Å². The Morgan fingerprint density at radius 1 is 0.391 bits per heavy atom. The first-order valence-corrected chi connectivity index (χ1v) is 16.3. The van der Waals surface area contributed by atoms with Gasteiger partial charge in [-0.05, 0) is 92.3 Å². The van der Waals surface area contributed by atoms with Crippen molar-refractivity contribution in [2.45, 2.75) is 0 Å². The summed E-state index contributed by atoms with van der Waals surface area (Å²) in [5, 5.41) is 6.22. The number of fused-ring (bicyclic) bond motifs is 5. The molecule has 7 aromatic carbocycles. The van der Waals surface area contributed by atoms with E-state index in [0.717, 1.165) is 22.6 Å². The van der Waals surface area contributed by atoms with Gasteiger partial charge in [-0.25, -0.2) is 0 Å². The molecule has 0 spiro atoms. The zero-order valence-electron chi connectivity index (χ0n) is 25.0. The first-order chi connectivity index (χ1) is 22.8. The highest BCUT2D eigenvalue weighted by atomic mass is 32.1. The van der Waals surface area contributed by atoms with E-state index < -0.39 is 0 Å². The Balaban J connectivity index is 1.13. The zero-order valence-corrected chi connectivity index (χ0v) is 25.8. The second-order valence-corrected chi connectivity index (χ2v) is 12.8. The van der Waals surface area contributed by atoms with E-state index in [0.29, 0.717) is 0 Å². The summed E-state index contributed by atoms with van der Waals surface area (Å²) in [5.74, 6) is 0. The Labute approximate surface area is 271 Å². The van der Waals surface area contributed by atoms with Gasteiger partial charge in [0.25, 0.3) is 0 Å². The molecule has 46 heavy (non-hydrogen) atoms. The molecule has 216 valence electrons. The van der Waals surface area contributed by atoms with Gasteiger partial charge in [-0.1, -0.05) is 115 Å². The molecule has 0 fully saturated rings. The summed E-state index contributed by atoms with van der Waals surface area (Å²) in [7, 11) is 0. The molecule has 0 aliphatic rings. The minimum Gasteiger partial charge on any atom is -0.309 e. The molecule has 0 radical (unpaired) electrons. The van der Waals surface area contributed by atoms with E-state index >= 15 is 0 Å². The highest BCUT2D eigenvalue weighted by Gasteiger charge is 2.16. The Bertz CT molecular complexity index is 2410. The third-order valence-corrected chi connectivity index (χ3v) is 9.98. The van der Waals surface area contributed by atoms with Crippen LogP contribution in [0, 0.1) is 0 Å². The second kappa shape index (κ2) is 11.0. The molecule has 2 heterocycles. The Hall–Kier alpha value is -5.77. The van der Waals surface area contributed by atoms with Gasteiger partial charge in [-0.15, -0.1) is 11.3 Å². The van der Waals surface area contributed by atoms with Gasteiger partial charge in [0.2, 0.25) is 0 Å². The van der Waals surface area contributed by atoms with E-state index in [1.54, 1.807) is 11.3 Å². The summed E-state index contributed by atoms with van der Waals surface area (Å²) in [6, 6.07) is 59.0. The average molecular weight is 605 g/mol. The maximum atomic E-state index is 5.00. The number of nitrogens with zero attached hydrogens (tertiary/aromatic N) is 2. The number of pyridine rings is 1. The molecular weight excluding hydrogens is 577 g/mol. The van der Waals surface area contributed by atoms with E-state index in [9.17, 15) is 0 Å². The monoisotopic (exact) mass is 604 g/mol. The molecule has 0 amide bonds. The smallest absolute Gasteiger partial charge is 0.0890 e. The first kappa shape index (κ1) is 26.6. The number of rotatable bonds is 5. The van der Waals surface area contributed by atoms with Crippen molar-refractivity contribution in [3.8, 4) is 22.3 Å². The number of anilines is 3. The topological polar surface area (TPSA) is 16.1 Å². The number of aromatic nitrogens is 1. The molecule has 9 rings (SSSR count). The second-order valence-electron chi connectivity index (χ2n) is 11.7. The lowest BCUT2D eigenvalue weighted by Gasteiger charge is -2.25. The Morgan fingerprint density at radius 3 is 1.48 bits per heavy atom. The molecule has 0 unspecified atom stereocenters. The number of benzene rings is 7. The number of hydrogen-bond acceptors (Lipinski definition) is 3. The van der Waals surface area contributed by atoms with E-state index in [2.05, 4.69) is 169 Å². The molecule has 0 saturated heterocycles. The van der Waals surface area contributed by atoms with Crippen molar-refractivity contribution in [3.63, 3.8) is 0 Å². The fourth-order valence-corrected chi connectivity index (χ4v) is 7.59. The number of thiophene rings is 1. The Morgan fingerprint density at radius 2 is 0.891 bits per heavy atom. The summed E-state index contributed by atoms with van der Waals surface area (Å²) in [6.07, 6.45) is 2.01. The van der Waals surface area contributed by atoms with Crippen molar-refractivity contribution in [2.24, 2.45) is 0 Å². The van der Waals surface area contributed by atoms with Crippen LogP contribution in [0.25, 0.3) is 64.1 Å². The highest BCUT2D eigenvalue weighted by Crippen LogP contribution is 2.40. The predicted octanol–water partition coefficient (Wildman–Crippen LogP) is 12.6. The molecule has 0 N–H and O–H groups in total. The third kappa shape index (κ3) is 4.70. The molecule has 3 heteroatoms. The summed E-state index contributed by atoms with van der Waals surface area (Å²) in [4.78, 5) is 7.31. The standard InChI is InChI=1S/C43H28N2S/c1-3-9-33-25-35(15-13-29(33)7-1)31-17-21-37(22-18-31)45(39-27-42-43(44-28-39)40-11-5-6-12-41(40)46-42)38-23-19-32(20-24-38)36-16-14-30-8-2-4-10-34(30)26-36/h1-28H. The van der Waals surface area contributed by atoms with Crippen molar-refractivity contribution in [3.05, 3.63) is 170 Å². The van der Waals surface area contributed by atoms with Crippen molar-refractivity contribution in [1.82, 2.24) is 4.98 Å². The van der Waals surface area contributed by atoms with Gasteiger partial charge in [0, 0.05) is 21.5 Å². The lowest BCUT2D eigenvalue weighted by molar-refractivity contribution is 1.26. The van der Waals surface area contributed by atoms with Crippen LogP contribution in [0.1, 0.15) is 0 Å². The average Bonchev–Trinajstić information content (AvgIpc) is 3.50. The highest BCUT2D eigenvalue weighted by molar-refractivity contribution is 7.25. The molecule has 0 saturated carbocycles. The molecule has 0 aliphatic heterocycles. The quantitative estimate of drug-likeness (QED) is 0.194. The van der Waals surface area contributed by atoms with Crippen LogP contribution in [0.2, 0.25) is 0 Å². The van der Waals surface area contributed by atoms with Crippen molar-refractivity contribution >= 4 is 70.2 Å². The molecular formula is C43H28N2S. The lowest BCUT2D eigenvalue weighted by atomic mass is 10.00. The normalized spacial score (nSPS) is 11.5. The van der Waals surface area contributed by atoms with Gasteiger partial charge in [0.1, 0.15) is 0 Å². The summed E-state index contributed by atoms with van der Waals surface area (Å²) in [5.41, 5.74) is 9.09. The van der Waals surface area contributed by atoms with Gasteiger partial charge < -0.3 is 4.90 Å². The zero-order chi connectivity index (χ0) is 30.5. The Kier molecular flexibility index (Phi) is 6.36. The maximum absolute atomic E-state index is 5.00. The first-order valence-electron chi connectivity index (χ1n) is 15.5. The van der Waals surface area contributed by atoms with Crippen molar-refractivity contribution < 1.29 is 0 Å². The summed E-state index contributed by atoms with van der Waals surface area (Å²) in [6.45, 7) is 0. The molecule has 0 bridgehead atoms. The van der Waals surface area contributed by atoms with E-state index in [-0.39, 0.29) is 0 Å². The fraction of sp³-hybridized carbons (Fsp3) is 0. The van der Waals surface area contributed by atoms with Gasteiger partial charge in [0.15, 0.2) is 0 Å². The van der Waals surface area contributed by atoms with Crippen molar-refractivity contribution in [2.75, 3.05) is 4.90 Å². The molecule has 2 aromatic heterocycles. The van der Waals surface area contributed by atoms with Crippen LogP contribution in [-0.2, 0) is 0 Å². The van der Waals surface area contributed by atoms with E-state index in [1.165, 1.54) is 58.6 Å². The maximum Gasteiger partial charge on any atom is 0.0890 e. The molecule has 2 nitrogen and oxygen atoms in total. The summed E-state index contributed by atoms with van der Waals surface area (Å²) < 4.78 is 2.44. The fourth-order valence-electron chi connectivity index (χ4n) is 6.50. The van der Waals surface area contributed by atoms with Gasteiger partial charge in [-0.3, -0.25) is 4.98 Å². The van der Waals surface area contributed by atoms with Gasteiger partial charge in [-0.2, -0.15) is 0 Å². The SMILES string of the molecule is c1ccc2cc(-c3ccc(N(c4ccc(-c5ccc6ccccc6c5)cc4)c4cnc5c(c4)sc4ccccc45)cc3)ccc2c1.